The summed E-state index contributed by atoms with van der Waals surface area (Å²) in [5, 5.41) is 2.25. The molecule has 1 aromatic heterocycles. The quantitative estimate of drug-likeness (QED) is 0.672. The van der Waals surface area contributed by atoms with Crippen LogP contribution in [0.1, 0.15) is 0 Å². The first-order valence-corrected chi connectivity index (χ1v) is 5.52. The Hall–Kier alpha value is -2.35. The zero-order valence-electron chi connectivity index (χ0n) is 9.18. The lowest BCUT2D eigenvalue weighted by Crippen LogP contribution is -2.06. The summed E-state index contributed by atoms with van der Waals surface area (Å²) >= 11 is 0. The minimum atomic E-state index is -0.0520. The van der Waals surface area contributed by atoms with Crippen LogP contribution < -0.4 is 5.56 Å². The van der Waals surface area contributed by atoms with Gasteiger partial charge in [-0.3, -0.25) is 4.79 Å². The molecule has 0 radical (unpaired) electrons. The molecule has 2 nitrogen and oxygen atoms in total. The van der Waals surface area contributed by atoms with Gasteiger partial charge in [0, 0.05) is 11.8 Å². The normalized spacial score (nSPS) is 10.6. The summed E-state index contributed by atoms with van der Waals surface area (Å²) in [4.78, 5) is 14.5. The molecule has 0 aliphatic rings. The second-order valence-electron chi connectivity index (χ2n) is 3.94. The second-order valence-corrected chi connectivity index (χ2v) is 3.94. The second kappa shape index (κ2) is 3.91. The first-order valence-electron chi connectivity index (χ1n) is 5.52. The van der Waals surface area contributed by atoms with Crippen LogP contribution in [0.5, 0.6) is 0 Å². The summed E-state index contributed by atoms with van der Waals surface area (Å²) in [7, 11) is 0. The standard InChI is InChI=1S/C15H11NO/c17-15-14(9-4-10-16-15)13-8-3-6-11-5-1-2-7-12(11)13/h1-10H,(H,16,17). The van der Waals surface area contributed by atoms with Crippen LogP contribution in [0.2, 0.25) is 0 Å². The zero-order valence-corrected chi connectivity index (χ0v) is 9.18. The van der Waals surface area contributed by atoms with E-state index in [4.69, 9.17) is 0 Å². The van der Waals surface area contributed by atoms with Gasteiger partial charge in [0.1, 0.15) is 0 Å². The number of aromatic nitrogens is 1. The highest BCUT2D eigenvalue weighted by atomic mass is 16.1. The van der Waals surface area contributed by atoms with Crippen molar-refractivity contribution >= 4 is 10.8 Å². The van der Waals surface area contributed by atoms with E-state index in [9.17, 15) is 4.79 Å². The Labute approximate surface area is 98.6 Å². The molecule has 0 amide bonds. The molecule has 0 aliphatic carbocycles. The van der Waals surface area contributed by atoms with E-state index in [-0.39, 0.29) is 5.56 Å². The summed E-state index contributed by atoms with van der Waals surface area (Å²) in [6.07, 6.45) is 1.65. The number of hydrogen-bond donors (Lipinski definition) is 1. The number of fused-ring (bicyclic) bond motifs is 1. The number of benzene rings is 2. The van der Waals surface area contributed by atoms with Gasteiger partial charge in [0.25, 0.3) is 5.56 Å². The van der Waals surface area contributed by atoms with Gasteiger partial charge in [-0.2, -0.15) is 0 Å². The van der Waals surface area contributed by atoms with Gasteiger partial charge in [0.15, 0.2) is 0 Å². The molecule has 0 aliphatic heterocycles. The highest BCUT2D eigenvalue weighted by molar-refractivity contribution is 5.96. The SMILES string of the molecule is O=c1[nH]cccc1-c1cccc2ccccc12. The summed E-state index contributed by atoms with van der Waals surface area (Å²) in [6, 6.07) is 17.8. The van der Waals surface area contributed by atoms with E-state index >= 15 is 0 Å². The molecule has 0 atom stereocenters. The molecule has 0 bridgehead atoms. The maximum Gasteiger partial charge on any atom is 0.255 e. The third-order valence-electron chi connectivity index (χ3n) is 2.90. The molecule has 1 heterocycles. The van der Waals surface area contributed by atoms with Gasteiger partial charge in [-0.25, -0.2) is 0 Å². The molecule has 82 valence electrons. The van der Waals surface area contributed by atoms with Gasteiger partial charge < -0.3 is 4.98 Å². The van der Waals surface area contributed by atoms with Gasteiger partial charge in [-0.1, -0.05) is 42.5 Å². The molecule has 2 heteroatoms. The Balaban J connectivity index is 2.39. The highest BCUT2D eigenvalue weighted by Crippen LogP contribution is 2.25. The van der Waals surface area contributed by atoms with E-state index in [2.05, 4.69) is 17.1 Å². The minimum absolute atomic E-state index is 0.0520. The Morgan fingerprint density at radius 1 is 0.765 bits per heavy atom. The van der Waals surface area contributed by atoms with Crippen LogP contribution in [0.4, 0.5) is 0 Å². The molecule has 3 aromatic rings. The van der Waals surface area contributed by atoms with Crippen LogP contribution in [0.25, 0.3) is 21.9 Å². The van der Waals surface area contributed by atoms with Crippen molar-refractivity contribution < 1.29 is 0 Å². The molecule has 0 fully saturated rings. The van der Waals surface area contributed by atoms with Crippen molar-refractivity contribution in [3.63, 3.8) is 0 Å². The molecule has 1 N–H and O–H groups in total. The predicted molar refractivity (Wildman–Crippen MR) is 70.0 cm³/mol. The molecule has 2 aromatic carbocycles. The van der Waals surface area contributed by atoms with Crippen molar-refractivity contribution in [3.8, 4) is 11.1 Å². The number of aromatic amines is 1. The highest BCUT2D eigenvalue weighted by Gasteiger charge is 2.05. The third-order valence-corrected chi connectivity index (χ3v) is 2.90. The van der Waals surface area contributed by atoms with E-state index in [1.54, 1.807) is 6.20 Å². The summed E-state index contributed by atoms with van der Waals surface area (Å²) in [6.45, 7) is 0. The van der Waals surface area contributed by atoms with Crippen LogP contribution in [0, 0.1) is 0 Å². The van der Waals surface area contributed by atoms with E-state index in [0.717, 1.165) is 16.3 Å². The molecule has 17 heavy (non-hydrogen) atoms. The fourth-order valence-electron chi connectivity index (χ4n) is 2.09. The van der Waals surface area contributed by atoms with Gasteiger partial charge in [-0.05, 0) is 28.5 Å². The molecule has 0 spiro atoms. The topological polar surface area (TPSA) is 32.9 Å². The summed E-state index contributed by atoms with van der Waals surface area (Å²) in [5.74, 6) is 0. The van der Waals surface area contributed by atoms with Crippen LogP contribution in [-0.2, 0) is 0 Å². The van der Waals surface area contributed by atoms with E-state index < -0.39 is 0 Å². The zero-order chi connectivity index (χ0) is 11.7. The smallest absolute Gasteiger partial charge is 0.255 e. The lowest BCUT2D eigenvalue weighted by molar-refractivity contribution is 1.24. The van der Waals surface area contributed by atoms with Crippen molar-refractivity contribution in [1.29, 1.82) is 0 Å². The largest absolute Gasteiger partial charge is 0.329 e. The fourth-order valence-corrected chi connectivity index (χ4v) is 2.09. The number of rotatable bonds is 1. The van der Waals surface area contributed by atoms with E-state index in [1.165, 1.54) is 0 Å². The number of nitrogens with one attached hydrogen (secondary N) is 1. The Morgan fingerprint density at radius 2 is 1.53 bits per heavy atom. The average Bonchev–Trinajstić information content (AvgIpc) is 2.39. The van der Waals surface area contributed by atoms with Crippen molar-refractivity contribution in [3.05, 3.63) is 71.1 Å². The van der Waals surface area contributed by atoms with Gasteiger partial charge in [0.2, 0.25) is 0 Å². The maximum absolute atomic E-state index is 11.8. The Kier molecular flexibility index (Phi) is 2.26. The van der Waals surface area contributed by atoms with E-state index in [0.29, 0.717) is 5.56 Å². The Morgan fingerprint density at radius 3 is 2.41 bits per heavy atom. The fraction of sp³-hybridized carbons (Fsp3) is 0. The van der Waals surface area contributed by atoms with Crippen molar-refractivity contribution in [2.45, 2.75) is 0 Å². The Bertz CT molecular complexity index is 723. The summed E-state index contributed by atoms with van der Waals surface area (Å²) < 4.78 is 0. The number of pyridine rings is 1. The molecular formula is C15H11NO. The predicted octanol–water partition coefficient (Wildman–Crippen LogP) is 3.20. The molecular weight excluding hydrogens is 210 g/mol. The first-order chi connectivity index (χ1) is 8.36. The van der Waals surface area contributed by atoms with Crippen molar-refractivity contribution in [1.82, 2.24) is 4.98 Å². The maximum atomic E-state index is 11.8. The van der Waals surface area contributed by atoms with Crippen LogP contribution in [0.15, 0.2) is 65.6 Å². The molecule has 3 rings (SSSR count). The van der Waals surface area contributed by atoms with Crippen LogP contribution >= 0.6 is 0 Å². The lowest BCUT2D eigenvalue weighted by atomic mass is 9.99. The molecule has 0 saturated heterocycles. The van der Waals surface area contributed by atoms with E-state index in [1.807, 2.05) is 42.5 Å². The third kappa shape index (κ3) is 1.64. The van der Waals surface area contributed by atoms with Crippen LogP contribution in [-0.4, -0.2) is 4.98 Å². The monoisotopic (exact) mass is 221 g/mol. The van der Waals surface area contributed by atoms with Gasteiger partial charge >= 0.3 is 0 Å². The van der Waals surface area contributed by atoms with Crippen molar-refractivity contribution in [2.75, 3.05) is 0 Å². The van der Waals surface area contributed by atoms with Gasteiger partial charge in [-0.15, -0.1) is 0 Å². The minimum Gasteiger partial charge on any atom is -0.329 e. The molecule has 0 saturated carbocycles. The first kappa shape index (κ1) is 9.85. The number of H-pyrrole nitrogens is 1. The average molecular weight is 221 g/mol. The summed E-state index contributed by atoms with van der Waals surface area (Å²) in [5.41, 5.74) is 1.64. The van der Waals surface area contributed by atoms with Crippen LogP contribution in [0.3, 0.4) is 0 Å². The molecule has 0 unspecified atom stereocenters. The number of hydrogen-bond acceptors (Lipinski definition) is 1. The van der Waals surface area contributed by atoms with Crippen molar-refractivity contribution in [2.24, 2.45) is 0 Å². The van der Waals surface area contributed by atoms with Gasteiger partial charge in [0.05, 0.1) is 0 Å². The lowest BCUT2D eigenvalue weighted by Gasteiger charge is -2.05.